The summed E-state index contributed by atoms with van der Waals surface area (Å²) < 4.78 is 49.2. The van der Waals surface area contributed by atoms with E-state index in [4.69, 9.17) is 14.3 Å². The number of halogens is 3. The summed E-state index contributed by atoms with van der Waals surface area (Å²) in [5.74, 6) is 0.512. The first kappa shape index (κ1) is 26.2. The van der Waals surface area contributed by atoms with Crippen LogP contribution in [0.1, 0.15) is 22.3 Å². The Morgan fingerprint density at radius 2 is 1.54 bits per heavy atom. The molecule has 1 aliphatic heterocycles. The molecule has 0 saturated carbocycles. The van der Waals surface area contributed by atoms with Crippen LogP contribution in [-0.4, -0.2) is 49.4 Å². The lowest BCUT2D eigenvalue weighted by molar-refractivity contribution is -0.138. The number of rotatable bonds is 9. The number of ether oxygens (including phenoxy) is 2. The van der Waals surface area contributed by atoms with E-state index in [0.29, 0.717) is 49.7 Å². The van der Waals surface area contributed by atoms with Crippen molar-refractivity contribution in [1.82, 2.24) is 4.90 Å². The first-order chi connectivity index (χ1) is 17.9. The Labute approximate surface area is 213 Å². The maximum absolute atomic E-state index is 12.8. The summed E-state index contributed by atoms with van der Waals surface area (Å²) in [6.45, 7) is 2.24. The van der Waals surface area contributed by atoms with Gasteiger partial charge in [-0.3, -0.25) is 4.79 Å². The molecule has 0 aliphatic carbocycles. The van der Waals surface area contributed by atoms with Crippen molar-refractivity contribution >= 4 is 11.6 Å². The van der Waals surface area contributed by atoms with Gasteiger partial charge in [0.05, 0.1) is 24.5 Å². The van der Waals surface area contributed by atoms with Gasteiger partial charge in [-0.2, -0.15) is 13.2 Å². The van der Waals surface area contributed by atoms with Gasteiger partial charge in [-0.15, -0.1) is 0 Å². The van der Waals surface area contributed by atoms with E-state index in [1.807, 2.05) is 42.5 Å². The maximum atomic E-state index is 12.8. The minimum atomic E-state index is -4.38. The van der Waals surface area contributed by atoms with Crippen LogP contribution in [-0.2, 0) is 33.6 Å². The quantitative estimate of drug-likeness (QED) is 0.296. The SMILES string of the molecule is O=C(COc1ccc(CC(=NOCc2ccc(C(F)(F)F)cc2)c2ccccc2)cc1)N1CCOCC1. The second-order valence-electron chi connectivity index (χ2n) is 8.47. The fourth-order valence-electron chi connectivity index (χ4n) is 3.74. The van der Waals surface area contributed by atoms with Gasteiger partial charge in [-0.25, -0.2) is 0 Å². The second kappa shape index (κ2) is 12.4. The van der Waals surface area contributed by atoms with Gasteiger partial charge < -0.3 is 19.2 Å². The molecule has 3 aromatic rings. The number of carbonyl (C=O) groups is 1. The van der Waals surface area contributed by atoms with Crippen LogP contribution in [0, 0.1) is 0 Å². The molecule has 6 nitrogen and oxygen atoms in total. The Balaban J connectivity index is 1.36. The van der Waals surface area contributed by atoms with E-state index in [2.05, 4.69) is 5.16 Å². The minimum absolute atomic E-state index is 0.0339. The Morgan fingerprint density at radius 3 is 2.19 bits per heavy atom. The average molecular weight is 513 g/mol. The van der Waals surface area contributed by atoms with Crippen molar-refractivity contribution in [2.75, 3.05) is 32.9 Å². The van der Waals surface area contributed by atoms with Crippen molar-refractivity contribution < 1.29 is 32.3 Å². The number of oxime groups is 1. The summed E-state index contributed by atoms with van der Waals surface area (Å²) in [4.78, 5) is 19.5. The Kier molecular flexibility index (Phi) is 8.79. The van der Waals surface area contributed by atoms with Crippen molar-refractivity contribution in [3.63, 3.8) is 0 Å². The van der Waals surface area contributed by atoms with Crippen LogP contribution < -0.4 is 4.74 Å². The molecule has 9 heteroatoms. The molecular weight excluding hydrogens is 485 g/mol. The van der Waals surface area contributed by atoms with Crippen LogP contribution in [0.15, 0.2) is 84.0 Å². The van der Waals surface area contributed by atoms with E-state index >= 15 is 0 Å². The molecule has 0 radical (unpaired) electrons. The monoisotopic (exact) mass is 512 g/mol. The summed E-state index contributed by atoms with van der Waals surface area (Å²) in [5, 5.41) is 4.29. The molecule has 1 saturated heterocycles. The Hall–Kier alpha value is -3.85. The van der Waals surface area contributed by atoms with Crippen molar-refractivity contribution in [2.45, 2.75) is 19.2 Å². The van der Waals surface area contributed by atoms with E-state index in [0.717, 1.165) is 23.3 Å². The maximum Gasteiger partial charge on any atom is 0.416 e. The molecule has 1 fully saturated rings. The number of hydrogen-bond acceptors (Lipinski definition) is 5. The lowest BCUT2D eigenvalue weighted by Crippen LogP contribution is -2.42. The van der Waals surface area contributed by atoms with E-state index in [-0.39, 0.29) is 19.1 Å². The predicted molar refractivity (Wildman–Crippen MR) is 132 cm³/mol. The molecule has 1 amide bonds. The molecule has 0 spiro atoms. The topological polar surface area (TPSA) is 60.4 Å². The van der Waals surface area contributed by atoms with Crippen molar-refractivity contribution in [3.05, 3.63) is 101 Å². The number of carbonyl (C=O) groups excluding carboxylic acids is 1. The number of nitrogens with zero attached hydrogens (tertiary/aromatic N) is 2. The number of benzene rings is 3. The van der Waals surface area contributed by atoms with Gasteiger partial charge >= 0.3 is 6.18 Å². The lowest BCUT2D eigenvalue weighted by atomic mass is 10.0. The highest BCUT2D eigenvalue weighted by molar-refractivity contribution is 6.01. The molecule has 1 aliphatic rings. The second-order valence-corrected chi connectivity index (χ2v) is 8.47. The third-order valence-corrected chi connectivity index (χ3v) is 5.82. The molecule has 194 valence electrons. The molecule has 4 rings (SSSR count). The molecule has 0 atom stereocenters. The van der Waals surface area contributed by atoms with Gasteiger partial charge in [0, 0.05) is 19.5 Å². The van der Waals surface area contributed by atoms with Gasteiger partial charge in [0.15, 0.2) is 6.61 Å². The highest BCUT2D eigenvalue weighted by Gasteiger charge is 2.29. The summed E-state index contributed by atoms with van der Waals surface area (Å²) >= 11 is 0. The zero-order valence-electron chi connectivity index (χ0n) is 20.1. The number of amides is 1. The van der Waals surface area contributed by atoms with Crippen LogP contribution in [0.3, 0.4) is 0 Å². The van der Waals surface area contributed by atoms with E-state index in [1.54, 1.807) is 17.0 Å². The Bertz CT molecular complexity index is 1170. The number of morpholine rings is 1. The van der Waals surface area contributed by atoms with Gasteiger partial charge in [0.25, 0.3) is 5.91 Å². The van der Waals surface area contributed by atoms with Crippen LogP contribution >= 0.6 is 0 Å². The first-order valence-corrected chi connectivity index (χ1v) is 11.9. The van der Waals surface area contributed by atoms with Gasteiger partial charge in [0.1, 0.15) is 12.4 Å². The van der Waals surface area contributed by atoms with Crippen LogP contribution in [0.5, 0.6) is 5.75 Å². The molecule has 3 aromatic carbocycles. The number of alkyl halides is 3. The fourth-order valence-corrected chi connectivity index (χ4v) is 3.74. The molecule has 1 heterocycles. The Morgan fingerprint density at radius 1 is 0.892 bits per heavy atom. The molecule has 0 aromatic heterocycles. The average Bonchev–Trinajstić information content (AvgIpc) is 2.92. The van der Waals surface area contributed by atoms with Crippen LogP contribution in [0.25, 0.3) is 0 Å². The molecule has 37 heavy (non-hydrogen) atoms. The summed E-state index contributed by atoms with van der Waals surface area (Å²) in [6.07, 6.45) is -3.92. The largest absolute Gasteiger partial charge is 0.484 e. The zero-order chi connectivity index (χ0) is 26.1. The van der Waals surface area contributed by atoms with Gasteiger partial charge in [-0.05, 0) is 41.0 Å². The predicted octanol–water partition coefficient (Wildman–Crippen LogP) is 5.11. The summed E-state index contributed by atoms with van der Waals surface area (Å²) in [6, 6.07) is 21.7. The summed E-state index contributed by atoms with van der Waals surface area (Å²) in [5.41, 5.74) is 2.36. The highest BCUT2D eigenvalue weighted by atomic mass is 19.4. The zero-order valence-corrected chi connectivity index (χ0v) is 20.1. The van der Waals surface area contributed by atoms with E-state index < -0.39 is 11.7 Å². The molecular formula is C28H27F3N2O4. The van der Waals surface area contributed by atoms with E-state index in [9.17, 15) is 18.0 Å². The fraction of sp³-hybridized carbons (Fsp3) is 0.286. The highest BCUT2D eigenvalue weighted by Crippen LogP contribution is 2.29. The van der Waals surface area contributed by atoms with Crippen molar-refractivity contribution in [2.24, 2.45) is 5.16 Å². The van der Waals surface area contributed by atoms with Gasteiger partial charge in [-0.1, -0.05) is 59.8 Å². The third-order valence-electron chi connectivity index (χ3n) is 5.82. The minimum Gasteiger partial charge on any atom is -0.484 e. The van der Waals surface area contributed by atoms with Gasteiger partial charge in [0.2, 0.25) is 0 Å². The van der Waals surface area contributed by atoms with Crippen molar-refractivity contribution in [1.29, 1.82) is 0 Å². The first-order valence-electron chi connectivity index (χ1n) is 11.9. The van der Waals surface area contributed by atoms with E-state index in [1.165, 1.54) is 12.1 Å². The normalized spacial score (nSPS) is 14.4. The third kappa shape index (κ3) is 7.82. The smallest absolute Gasteiger partial charge is 0.416 e. The molecule has 0 N–H and O–H groups in total. The molecule has 0 unspecified atom stereocenters. The van der Waals surface area contributed by atoms with Crippen molar-refractivity contribution in [3.8, 4) is 5.75 Å². The molecule has 0 bridgehead atoms. The lowest BCUT2D eigenvalue weighted by Gasteiger charge is -2.26. The van der Waals surface area contributed by atoms with Crippen LogP contribution in [0.4, 0.5) is 13.2 Å². The summed E-state index contributed by atoms with van der Waals surface area (Å²) in [7, 11) is 0. The van der Waals surface area contributed by atoms with Crippen LogP contribution in [0.2, 0.25) is 0 Å². The number of hydrogen-bond donors (Lipinski definition) is 0. The standard InChI is InChI=1S/C28H27F3N2O4/c29-28(30,31)24-10-6-22(7-11-24)19-37-32-26(23-4-2-1-3-5-23)18-21-8-12-25(13-9-21)36-20-27(34)33-14-16-35-17-15-33/h1-13H,14-20H2.